The molecular formula is C12H19NO2. The number of nitrogens with zero attached hydrogens (tertiary/aromatic N) is 1. The first kappa shape index (κ1) is 12.0. The molecule has 1 heterocycles. The second-order valence-electron chi connectivity index (χ2n) is 4.49. The minimum atomic E-state index is -0.289. The van der Waals surface area contributed by atoms with E-state index in [2.05, 4.69) is 11.8 Å². The van der Waals surface area contributed by atoms with Crippen molar-refractivity contribution >= 4 is 6.29 Å². The predicted molar refractivity (Wildman–Crippen MR) is 59.5 cm³/mol. The summed E-state index contributed by atoms with van der Waals surface area (Å²) in [7, 11) is 0. The van der Waals surface area contributed by atoms with Crippen LogP contribution in [0.25, 0.3) is 0 Å². The van der Waals surface area contributed by atoms with Crippen molar-refractivity contribution in [3.63, 3.8) is 0 Å². The monoisotopic (exact) mass is 209 g/mol. The molecule has 3 heteroatoms. The van der Waals surface area contributed by atoms with Crippen LogP contribution in [-0.2, 0) is 11.3 Å². The standard InChI is InChI=1S/C12H19NO2/c1-4-13(9-12(2,3)10-14)8-11-6-5-7-15-11/h5-7,10H,4,8-9H2,1-3H3. The maximum absolute atomic E-state index is 10.8. The number of aldehydes is 1. The lowest BCUT2D eigenvalue weighted by Gasteiger charge is -2.26. The second kappa shape index (κ2) is 5.12. The van der Waals surface area contributed by atoms with Crippen LogP contribution < -0.4 is 0 Å². The fourth-order valence-corrected chi connectivity index (χ4v) is 1.52. The molecule has 0 aliphatic carbocycles. The lowest BCUT2D eigenvalue weighted by atomic mass is 9.95. The zero-order chi connectivity index (χ0) is 11.3. The molecule has 0 unspecified atom stereocenters. The summed E-state index contributed by atoms with van der Waals surface area (Å²) in [6, 6.07) is 3.84. The summed E-state index contributed by atoms with van der Waals surface area (Å²) in [5, 5.41) is 0. The minimum absolute atomic E-state index is 0.289. The number of carbonyl (C=O) groups excluding carboxylic acids is 1. The van der Waals surface area contributed by atoms with Crippen LogP contribution in [0.5, 0.6) is 0 Å². The van der Waals surface area contributed by atoms with E-state index in [1.807, 2.05) is 26.0 Å². The third kappa shape index (κ3) is 3.88. The molecule has 0 fully saturated rings. The summed E-state index contributed by atoms with van der Waals surface area (Å²) in [6.45, 7) is 8.42. The Labute approximate surface area is 91.1 Å². The summed E-state index contributed by atoms with van der Waals surface area (Å²) in [4.78, 5) is 13.0. The molecule has 84 valence electrons. The van der Waals surface area contributed by atoms with Crippen LogP contribution >= 0.6 is 0 Å². The van der Waals surface area contributed by atoms with Crippen molar-refractivity contribution in [2.45, 2.75) is 27.3 Å². The fraction of sp³-hybridized carbons (Fsp3) is 0.583. The molecule has 1 aromatic rings. The fourth-order valence-electron chi connectivity index (χ4n) is 1.52. The van der Waals surface area contributed by atoms with E-state index in [9.17, 15) is 4.79 Å². The highest BCUT2D eigenvalue weighted by Gasteiger charge is 2.20. The van der Waals surface area contributed by atoms with Gasteiger partial charge in [0, 0.05) is 12.0 Å². The third-order valence-corrected chi connectivity index (χ3v) is 2.36. The van der Waals surface area contributed by atoms with Gasteiger partial charge in [-0.25, -0.2) is 0 Å². The van der Waals surface area contributed by atoms with E-state index in [4.69, 9.17) is 4.42 Å². The first-order valence-corrected chi connectivity index (χ1v) is 5.28. The topological polar surface area (TPSA) is 33.5 Å². The summed E-state index contributed by atoms with van der Waals surface area (Å²) in [6.07, 6.45) is 2.69. The number of hydrogen-bond donors (Lipinski definition) is 0. The zero-order valence-corrected chi connectivity index (χ0v) is 9.69. The van der Waals surface area contributed by atoms with Gasteiger partial charge in [-0.1, -0.05) is 20.8 Å². The van der Waals surface area contributed by atoms with Crippen molar-refractivity contribution in [3.8, 4) is 0 Å². The molecule has 1 rings (SSSR count). The quantitative estimate of drug-likeness (QED) is 0.674. The molecular weight excluding hydrogens is 190 g/mol. The van der Waals surface area contributed by atoms with Crippen molar-refractivity contribution < 1.29 is 9.21 Å². The van der Waals surface area contributed by atoms with Crippen LogP contribution in [0.3, 0.4) is 0 Å². The summed E-state index contributed by atoms with van der Waals surface area (Å²) >= 11 is 0. The Bertz CT molecular complexity index is 291. The van der Waals surface area contributed by atoms with Crippen molar-refractivity contribution in [1.29, 1.82) is 0 Å². The van der Waals surface area contributed by atoms with Crippen LogP contribution in [0.2, 0.25) is 0 Å². The lowest BCUT2D eigenvalue weighted by molar-refractivity contribution is -0.115. The molecule has 0 radical (unpaired) electrons. The molecule has 0 aliphatic rings. The maximum Gasteiger partial charge on any atom is 0.126 e. The van der Waals surface area contributed by atoms with Gasteiger partial charge in [0.15, 0.2) is 0 Å². The van der Waals surface area contributed by atoms with E-state index in [0.29, 0.717) is 0 Å². The molecule has 0 atom stereocenters. The molecule has 1 aromatic heterocycles. The van der Waals surface area contributed by atoms with E-state index in [-0.39, 0.29) is 5.41 Å². The van der Waals surface area contributed by atoms with Gasteiger partial charge in [-0.05, 0) is 18.7 Å². The first-order chi connectivity index (χ1) is 7.07. The average Bonchev–Trinajstić information content (AvgIpc) is 2.69. The lowest BCUT2D eigenvalue weighted by Crippen LogP contribution is -2.34. The number of rotatable bonds is 6. The Morgan fingerprint density at radius 1 is 1.53 bits per heavy atom. The van der Waals surface area contributed by atoms with E-state index in [0.717, 1.165) is 31.7 Å². The molecule has 0 aromatic carbocycles. The van der Waals surface area contributed by atoms with Gasteiger partial charge in [0.1, 0.15) is 12.0 Å². The number of furan rings is 1. The van der Waals surface area contributed by atoms with Gasteiger partial charge in [-0.2, -0.15) is 0 Å². The molecule has 0 saturated heterocycles. The minimum Gasteiger partial charge on any atom is -0.468 e. The highest BCUT2D eigenvalue weighted by molar-refractivity contribution is 5.58. The molecule has 0 bridgehead atoms. The normalized spacial score (nSPS) is 12.0. The molecule has 15 heavy (non-hydrogen) atoms. The Balaban J connectivity index is 2.53. The molecule has 0 N–H and O–H groups in total. The van der Waals surface area contributed by atoms with Gasteiger partial charge in [0.05, 0.1) is 12.8 Å². The largest absolute Gasteiger partial charge is 0.468 e. The molecule has 0 saturated carbocycles. The molecule has 0 amide bonds. The van der Waals surface area contributed by atoms with Gasteiger partial charge < -0.3 is 9.21 Å². The van der Waals surface area contributed by atoms with Crippen LogP contribution in [-0.4, -0.2) is 24.3 Å². The van der Waals surface area contributed by atoms with Crippen molar-refractivity contribution in [2.24, 2.45) is 5.41 Å². The predicted octanol–water partition coefficient (Wildman–Crippen LogP) is 2.33. The Hall–Kier alpha value is -1.09. The number of carbonyl (C=O) groups is 1. The Kier molecular flexibility index (Phi) is 4.09. The van der Waals surface area contributed by atoms with E-state index < -0.39 is 0 Å². The van der Waals surface area contributed by atoms with Gasteiger partial charge in [0.25, 0.3) is 0 Å². The maximum atomic E-state index is 10.8. The van der Waals surface area contributed by atoms with Crippen LogP contribution in [0, 0.1) is 5.41 Å². The van der Waals surface area contributed by atoms with Gasteiger partial charge in [-0.15, -0.1) is 0 Å². The zero-order valence-electron chi connectivity index (χ0n) is 9.69. The van der Waals surface area contributed by atoms with Gasteiger partial charge in [0.2, 0.25) is 0 Å². The Morgan fingerprint density at radius 2 is 2.27 bits per heavy atom. The van der Waals surface area contributed by atoms with Crippen molar-refractivity contribution in [3.05, 3.63) is 24.2 Å². The smallest absolute Gasteiger partial charge is 0.126 e. The van der Waals surface area contributed by atoms with Crippen LogP contribution in [0.4, 0.5) is 0 Å². The third-order valence-electron chi connectivity index (χ3n) is 2.36. The average molecular weight is 209 g/mol. The summed E-state index contributed by atoms with van der Waals surface area (Å²) in [5.41, 5.74) is -0.289. The van der Waals surface area contributed by atoms with Gasteiger partial charge >= 0.3 is 0 Å². The second-order valence-corrected chi connectivity index (χ2v) is 4.49. The van der Waals surface area contributed by atoms with Crippen LogP contribution in [0.15, 0.2) is 22.8 Å². The van der Waals surface area contributed by atoms with Crippen molar-refractivity contribution in [1.82, 2.24) is 4.90 Å². The van der Waals surface area contributed by atoms with E-state index >= 15 is 0 Å². The first-order valence-electron chi connectivity index (χ1n) is 5.28. The Morgan fingerprint density at radius 3 is 2.73 bits per heavy atom. The number of hydrogen-bond acceptors (Lipinski definition) is 3. The summed E-state index contributed by atoms with van der Waals surface area (Å²) in [5.74, 6) is 0.943. The van der Waals surface area contributed by atoms with E-state index in [1.165, 1.54) is 0 Å². The molecule has 3 nitrogen and oxygen atoms in total. The highest BCUT2D eigenvalue weighted by atomic mass is 16.3. The van der Waals surface area contributed by atoms with Gasteiger partial charge in [-0.3, -0.25) is 4.90 Å². The van der Waals surface area contributed by atoms with Crippen molar-refractivity contribution in [2.75, 3.05) is 13.1 Å². The SMILES string of the molecule is CCN(Cc1ccco1)CC(C)(C)C=O. The van der Waals surface area contributed by atoms with Crippen LogP contribution in [0.1, 0.15) is 26.5 Å². The molecule has 0 spiro atoms. The molecule has 0 aliphatic heterocycles. The van der Waals surface area contributed by atoms with E-state index in [1.54, 1.807) is 6.26 Å². The summed E-state index contributed by atoms with van der Waals surface area (Å²) < 4.78 is 5.28. The highest BCUT2D eigenvalue weighted by Crippen LogP contribution is 2.15.